The predicted octanol–water partition coefficient (Wildman–Crippen LogP) is 4.72. The summed E-state index contributed by atoms with van der Waals surface area (Å²) >= 11 is 0. The number of hydrogen-bond acceptors (Lipinski definition) is 1. The van der Waals surface area contributed by atoms with E-state index in [4.69, 9.17) is 0 Å². The number of para-hydroxylation sites is 1. The van der Waals surface area contributed by atoms with Crippen LogP contribution in [0.25, 0.3) is 22.0 Å². The number of aromatic nitrogens is 1. The maximum atomic E-state index is 12.8. The van der Waals surface area contributed by atoms with Crippen molar-refractivity contribution in [1.29, 1.82) is 0 Å². The second-order valence-corrected chi connectivity index (χ2v) is 5.85. The Morgan fingerprint density at radius 3 is 2.08 bits per heavy atom. The van der Waals surface area contributed by atoms with E-state index in [0.29, 0.717) is 6.54 Å². The van der Waals surface area contributed by atoms with E-state index in [1.807, 2.05) is 83.4 Å². The fraction of sp³-hybridized carbons (Fsp3) is 0.0455. The van der Waals surface area contributed by atoms with Crippen LogP contribution in [0.1, 0.15) is 5.56 Å². The predicted molar refractivity (Wildman–Crippen MR) is 99.2 cm³/mol. The minimum atomic E-state index is 0.0245. The summed E-state index contributed by atoms with van der Waals surface area (Å²) < 4.78 is 1.84. The quantitative estimate of drug-likeness (QED) is 0.537. The Bertz CT molecular complexity index is 1030. The standard InChI is InChI=1S/C22H17NO/c24-22-15-20(18-11-5-2-6-12-18)19-13-7-8-14-21(19)23(22)16-17-9-3-1-4-10-17/h1-15H,16H2. The largest absolute Gasteiger partial charge is 0.304 e. The molecule has 0 aliphatic rings. The van der Waals surface area contributed by atoms with Gasteiger partial charge >= 0.3 is 0 Å². The summed E-state index contributed by atoms with van der Waals surface area (Å²) in [4.78, 5) is 12.8. The van der Waals surface area contributed by atoms with Gasteiger partial charge in [0, 0.05) is 11.5 Å². The van der Waals surface area contributed by atoms with Crippen LogP contribution in [0.3, 0.4) is 0 Å². The van der Waals surface area contributed by atoms with Gasteiger partial charge in [0.1, 0.15) is 0 Å². The van der Waals surface area contributed by atoms with Gasteiger partial charge in [-0.1, -0.05) is 78.9 Å². The van der Waals surface area contributed by atoms with Crippen LogP contribution in [0.2, 0.25) is 0 Å². The first kappa shape index (κ1) is 14.5. The zero-order chi connectivity index (χ0) is 16.4. The maximum Gasteiger partial charge on any atom is 0.251 e. The molecule has 1 heterocycles. The topological polar surface area (TPSA) is 22.0 Å². The smallest absolute Gasteiger partial charge is 0.251 e. The molecule has 2 nitrogen and oxygen atoms in total. The van der Waals surface area contributed by atoms with E-state index in [0.717, 1.165) is 27.6 Å². The van der Waals surface area contributed by atoms with Crippen molar-refractivity contribution in [3.8, 4) is 11.1 Å². The number of nitrogens with zero attached hydrogens (tertiary/aromatic N) is 1. The van der Waals surface area contributed by atoms with E-state index in [-0.39, 0.29) is 5.56 Å². The average Bonchev–Trinajstić information content (AvgIpc) is 2.65. The van der Waals surface area contributed by atoms with Gasteiger partial charge in [-0.3, -0.25) is 4.79 Å². The monoisotopic (exact) mass is 311 g/mol. The van der Waals surface area contributed by atoms with Gasteiger partial charge < -0.3 is 4.57 Å². The third-order valence-electron chi connectivity index (χ3n) is 4.29. The van der Waals surface area contributed by atoms with Gasteiger partial charge in [-0.2, -0.15) is 0 Å². The lowest BCUT2D eigenvalue weighted by Gasteiger charge is -2.14. The van der Waals surface area contributed by atoms with Gasteiger partial charge in [-0.25, -0.2) is 0 Å². The van der Waals surface area contributed by atoms with Crippen LogP contribution in [0, 0.1) is 0 Å². The molecule has 0 N–H and O–H groups in total. The van der Waals surface area contributed by atoms with Crippen LogP contribution in [0.5, 0.6) is 0 Å². The van der Waals surface area contributed by atoms with E-state index in [1.165, 1.54) is 0 Å². The summed E-state index contributed by atoms with van der Waals surface area (Å²) in [5.41, 5.74) is 4.17. The fourth-order valence-electron chi connectivity index (χ4n) is 3.12. The molecular weight excluding hydrogens is 294 g/mol. The highest BCUT2D eigenvalue weighted by Crippen LogP contribution is 2.27. The molecule has 0 bridgehead atoms. The van der Waals surface area contributed by atoms with Crippen LogP contribution in [0.15, 0.2) is 95.8 Å². The zero-order valence-corrected chi connectivity index (χ0v) is 13.2. The van der Waals surface area contributed by atoms with E-state index < -0.39 is 0 Å². The molecule has 0 atom stereocenters. The molecule has 4 aromatic rings. The number of rotatable bonds is 3. The molecule has 0 saturated carbocycles. The number of fused-ring (bicyclic) bond motifs is 1. The van der Waals surface area contributed by atoms with Gasteiger partial charge in [0.25, 0.3) is 5.56 Å². The molecule has 1 aromatic heterocycles. The molecule has 0 aliphatic heterocycles. The summed E-state index contributed by atoms with van der Waals surface area (Å²) in [7, 11) is 0. The molecule has 0 aliphatic carbocycles. The Kier molecular flexibility index (Phi) is 3.72. The molecule has 0 amide bonds. The van der Waals surface area contributed by atoms with Crippen molar-refractivity contribution in [3.05, 3.63) is 107 Å². The average molecular weight is 311 g/mol. The van der Waals surface area contributed by atoms with Crippen LogP contribution in [0.4, 0.5) is 0 Å². The Morgan fingerprint density at radius 2 is 1.33 bits per heavy atom. The first-order valence-corrected chi connectivity index (χ1v) is 8.05. The first-order valence-electron chi connectivity index (χ1n) is 8.05. The highest BCUT2D eigenvalue weighted by atomic mass is 16.1. The van der Waals surface area contributed by atoms with Crippen LogP contribution < -0.4 is 5.56 Å². The second kappa shape index (κ2) is 6.17. The summed E-state index contributed by atoms with van der Waals surface area (Å²) in [6.45, 7) is 0.579. The highest BCUT2D eigenvalue weighted by Gasteiger charge is 2.10. The number of hydrogen-bond donors (Lipinski definition) is 0. The maximum absolute atomic E-state index is 12.8. The van der Waals surface area contributed by atoms with E-state index in [9.17, 15) is 4.79 Å². The lowest BCUT2D eigenvalue weighted by molar-refractivity contribution is 0.795. The summed E-state index contributed by atoms with van der Waals surface area (Å²) in [6.07, 6.45) is 0. The molecule has 0 fully saturated rings. The molecule has 2 heteroatoms. The minimum absolute atomic E-state index is 0.0245. The third-order valence-corrected chi connectivity index (χ3v) is 4.29. The van der Waals surface area contributed by atoms with Crippen molar-refractivity contribution in [2.45, 2.75) is 6.54 Å². The highest BCUT2D eigenvalue weighted by molar-refractivity contribution is 5.94. The van der Waals surface area contributed by atoms with E-state index in [2.05, 4.69) is 6.07 Å². The van der Waals surface area contributed by atoms with Gasteiger partial charge in [-0.15, -0.1) is 0 Å². The van der Waals surface area contributed by atoms with Crippen LogP contribution in [-0.2, 0) is 6.54 Å². The molecule has 24 heavy (non-hydrogen) atoms. The SMILES string of the molecule is O=c1cc(-c2ccccc2)c2ccccc2n1Cc1ccccc1. The molecule has 0 unspecified atom stereocenters. The van der Waals surface area contributed by atoms with Gasteiger partial charge in [-0.05, 0) is 22.8 Å². The zero-order valence-electron chi connectivity index (χ0n) is 13.2. The minimum Gasteiger partial charge on any atom is -0.304 e. The summed E-state index contributed by atoms with van der Waals surface area (Å²) in [5, 5.41) is 1.10. The molecule has 4 rings (SSSR count). The molecule has 0 saturated heterocycles. The van der Waals surface area contributed by atoms with Crippen molar-refractivity contribution < 1.29 is 0 Å². The van der Waals surface area contributed by atoms with Crippen molar-refractivity contribution >= 4 is 10.9 Å². The van der Waals surface area contributed by atoms with Gasteiger partial charge in [0.15, 0.2) is 0 Å². The first-order chi connectivity index (χ1) is 11.8. The van der Waals surface area contributed by atoms with Crippen molar-refractivity contribution in [1.82, 2.24) is 4.57 Å². The Labute approximate surface area is 140 Å². The van der Waals surface area contributed by atoms with Crippen molar-refractivity contribution in [2.24, 2.45) is 0 Å². The Hall–Kier alpha value is -3.13. The normalized spacial score (nSPS) is 10.8. The van der Waals surface area contributed by atoms with E-state index in [1.54, 1.807) is 6.07 Å². The van der Waals surface area contributed by atoms with Crippen LogP contribution in [-0.4, -0.2) is 4.57 Å². The van der Waals surface area contributed by atoms with Gasteiger partial charge in [0.2, 0.25) is 0 Å². The van der Waals surface area contributed by atoms with Gasteiger partial charge in [0.05, 0.1) is 12.1 Å². The summed E-state index contributed by atoms with van der Waals surface area (Å²) in [6, 6.07) is 30.0. The molecule has 116 valence electrons. The molecule has 0 radical (unpaired) electrons. The van der Waals surface area contributed by atoms with Crippen LogP contribution >= 0.6 is 0 Å². The van der Waals surface area contributed by atoms with Crippen molar-refractivity contribution in [2.75, 3.05) is 0 Å². The Morgan fingerprint density at radius 1 is 0.708 bits per heavy atom. The van der Waals surface area contributed by atoms with E-state index >= 15 is 0 Å². The Balaban J connectivity index is 1.94. The molecule has 3 aromatic carbocycles. The second-order valence-electron chi connectivity index (χ2n) is 5.85. The number of benzene rings is 3. The lowest BCUT2D eigenvalue weighted by Crippen LogP contribution is -2.20. The molecule has 0 spiro atoms. The fourth-order valence-corrected chi connectivity index (χ4v) is 3.12. The number of pyridine rings is 1. The van der Waals surface area contributed by atoms with Crippen molar-refractivity contribution in [3.63, 3.8) is 0 Å². The summed E-state index contributed by atoms with van der Waals surface area (Å²) in [5.74, 6) is 0. The molecular formula is C22H17NO. The lowest BCUT2D eigenvalue weighted by atomic mass is 10.0. The third kappa shape index (κ3) is 2.63.